The normalized spacial score (nSPS) is 12.2. The number of amides is 2. The highest BCUT2D eigenvalue weighted by Gasteiger charge is 2.31. The van der Waals surface area contributed by atoms with Gasteiger partial charge in [0.1, 0.15) is 12.6 Å². The number of sulfonamides is 1. The van der Waals surface area contributed by atoms with Gasteiger partial charge >= 0.3 is 0 Å². The summed E-state index contributed by atoms with van der Waals surface area (Å²) in [4.78, 5) is 27.5. The summed E-state index contributed by atoms with van der Waals surface area (Å²) in [6.45, 7) is 5.22. The van der Waals surface area contributed by atoms with Crippen LogP contribution in [0.5, 0.6) is 0 Å². The van der Waals surface area contributed by atoms with Crippen LogP contribution in [0.25, 0.3) is 0 Å². The minimum Gasteiger partial charge on any atom is -0.354 e. The summed E-state index contributed by atoms with van der Waals surface area (Å²) in [6.07, 6.45) is 1.76. The van der Waals surface area contributed by atoms with Crippen molar-refractivity contribution in [2.75, 3.05) is 23.7 Å². The third kappa shape index (κ3) is 7.34. The van der Waals surface area contributed by atoms with Crippen molar-refractivity contribution >= 4 is 66.7 Å². The predicted molar refractivity (Wildman–Crippen MR) is 141 cm³/mol. The second-order valence-corrected chi connectivity index (χ2v) is 11.5. The average molecular weight is 593 g/mol. The van der Waals surface area contributed by atoms with Crippen molar-refractivity contribution < 1.29 is 18.0 Å². The molecular weight excluding hydrogens is 565 g/mol. The molecule has 2 aromatic carbocycles. The van der Waals surface area contributed by atoms with Crippen molar-refractivity contribution in [2.45, 2.75) is 39.8 Å². The standard InChI is InChI=1S/C23H28BrCl2N3O4S/c1-5-11-27-23(31)16(3)28(13-18-20(25)7-6-8-21(18)26)22(30)14-29(34(4,32)33)17-9-10-19(24)15(2)12-17/h6-10,12,16H,5,11,13-14H2,1-4H3,(H,27,31). The van der Waals surface area contributed by atoms with Gasteiger partial charge in [-0.3, -0.25) is 13.9 Å². The number of halogens is 3. The Morgan fingerprint density at radius 1 is 1.15 bits per heavy atom. The van der Waals surface area contributed by atoms with Gasteiger partial charge in [0.25, 0.3) is 0 Å². The van der Waals surface area contributed by atoms with Gasteiger partial charge in [-0.25, -0.2) is 8.42 Å². The Kier molecular flexibility index (Phi) is 10.2. The number of carbonyl (C=O) groups is 2. The van der Waals surface area contributed by atoms with Crippen molar-refractivity contribution in [1.82, 2.24) is 10.2 Å². The molecule has 0 aliphatic rings. The summed E-state index contributed by atoms with van der Waals surface area (Å²) in [5.74, 6) is -0.926. The Morgan fingerprint density at radius 3 is 2.29 bits per heavy atom. The first-order chi connectivity index (χ1) is 15.9. The zero-order valence-electron chi connectivity index (χ0n) is 19.4. The maximum absolute atomic E-state index is 13.5. The quantitative estimate of drug-likeness (QED) is 0.430. The van der Waals surface area contributed by atoms with Crippen LogP contribution in [0.4, 0.5) is 5.69 Å². The van der Waals surface area contributed by atoms with Gasteiger partial charge in [-0.2, -0.15) is 0 Å². The molecule has 0 aliphatic heterocycles. The second-order valence-electron chi connectivity index (χ2n) is 7.89. The number of anilines is 1. The molecule has 34 heavy (non-hydrogen) atoms. The molecule has 0 saturated carbocycles. The van der Waals surface area contributed by atoms with Crippen LogP contribution < -0.4 is 9.62 Å². The van der Waals surface area contributed by atoms with Gasteiger partial charge in [-0.15, -0.1) is 0 Å². The summed E-state index contributed by atoms with van der Waals surface area (Å²) in [5.41, 5.74) is 1.63. The Morgan fingerprint density at radius 2 is 1.76 bits per heavy atom. The van der Waals surface area contributed by atoms with Gasteiger partial charge in [0.15, 0.2) is 0 Å². The molecule has 1 N–H and O–H groups in total. The Hall–Kier alpha value is -1.81. The molecule has 0 heterocycles. The first-order valence-electron chi connectivity index (χ1n) is 10.6. The second kappa shape index (κ2) is 12.2. The fourth-order valence-electron chi connectivity index (χ4n) is 3.23. The number of nitrogens with one attached hydrogen (secondary N) is 1. The highest BCUT2D eigenvalue weighted by molar-refractivity contribution is 9.10. The summed E-state index contributed by atoms with van der Waals surface area (Å²) < 4.78 is 27.1. The van der Waals surface area contributed by atoms with Crippen LogP contribution in [0.15, 0.2) is 40.9 Å². The first-order valence-corrected chi connectivity index (χ1v) is 14.0. The molecule has 1 atom stereocenters. The Labute approximate surface area is 219 Å². The Balaban J connectivity index is 2.45. The average Bonchev–Trinajstić information content (AvgIpc) is 2.76. The minimum absolute atomic E-state index is 0.0605. The smallest absolute Gasteiger partial charge is 0.244 e. The molecule has 0 radical (unpaired) electrons. The van der Waals surface area contributed by atoms with E-state index in [2.05, 4.69) is 21.2 Å². The molecule has 0 bridgehead atoms. The largest absolute Gasteiger partial charge is 0.354 e. The number of aryl methyl sites for hydroxylation is 1. The third-order valence-electron chi connectivity index (χ3n) is 5.22. The van der Waals surface area contributed by atoms with Gasteiger partial charge in [-0.05, 0) is 56.2 Å². The van der Waals surface area contributed by atoms with Crippen LogP contribution in [-0.2, 0) is 26.2 Å². The molecule has 7 nitrogen and oxygen atoms in total. The molecule has 0 aliphatic carbocycles. The number of rotatable bonds is 10. The van der Waals surface area contributed by atoms with Gasteiger partial charge < -0.3 is 10.2 Å². The molecular formula is C23H28BrCl2N3O4S. The van der Waals surface area contributed by atoms with E-state index < -0.39 is 28.5 Å². The van der Waals surface area contributed by atoms with Gasteiger partial charge in [-0.1, -0.05) is 52.1 Å². The molecule has 0 aromatic heterocycles. The maximum Gasteiger partial charge on any atom is 0.244 e. The topological polar surface area (TPSA) is 86.8 Å². The van der Waals surface area contributed by atoms with Crippen molar-refractivity contribution in [3.05, 3.63) is 62.0 Å². The molecule has 2 rings (SSSR count). The molecule has 11 heteroatoms. The van der Waals surface area contributed by atoms with Crippen molar-refractivity contribution in [2.24, 2.45) is 0 Å². The molecule has 2 aromatic rings. The SMILES string of the molecule is CCCNC(=O)C(C)N(Cc1c(Cl)cccc1Cl)C(=O)CN(c1ccc(Br)c(C)c1)S(C)(=O)=O. The highest BCUT2D eigenvalue weighted by atomic mass is 79.9. The van der Waals surface area contributed by atoms with Crippen LogP contribution in [0, 0.1) is 6.92 Å². The third-order valence-corrected chi connectivity index (χ3v) is 7.95. The van der Waals surface area contributed by atoms with E-state index in [-0.39, 0.29) is 12.5 Å². The lowest BCUT2D eigenvalue weighted by Gasteiger charge is -2.32. The zero-order valence-corrected chi connectivity index (χ0v) is 23.4. The molecule has 186 valence electrons. The van der Waals surface area contributed by atoms with Crippen molar-refractivity contribution in [3.8, 4) is 0 Å². The number of hydrogen-bond donors (Lipinski definition) is 1. The van der Waals surface area contributed by atoms with Crippen LogP contribution in [0.3, 0.4) is 0 Å². The van der Waals surface area contributed by atoms with Gasteiger partial charge in [0.05, 0.1) is 11.9 Å². The van der Waals surface area contributed by atoms with E-state index in [4.69, 9.17) is 23.2 Å². The monoisotopic (exact) mass is 591 g/mol. The van der Waals surface area contributed by atoms with E-state index in [1.54, 1.807) is 43.3 Å². The van der Waals surface area contributed by atoms with Crippen LogP contribution in [-0.4, -0.2) is 50.5 Å². The number of nitrogens with zero attached hydrogens (tertiary/aromatic N) is 2. The Bertz CT molecular complexity index is 1140. The molecule has 0 saturated heterocycles. The number of benzene rings is 2. The van der Waals surface area contributed by atoms with E-state index in [0.29, 0.717) is 27.8 Å². The number of hydrogen-bond acceptors (Lipinski definition) is 4. The minimum atomic E-state index is -3.81. The van der Waals surface area contributed by atoms with Crippen molar-refractivity contribution in [1.29, 1.82) is 0 Å². The summed E-state index contributed by atoms with van der Waals surface area (Å²) in [7, 11) is -3.81. The van der Waals surface area contributed by atoms with Crippen LogP contribution >= 0.6 is 39.1 Å². The summed E-state index contributed by atoms with van der Waals surface area (Å²) in [5, 5.41) is 3.46. The van der Waals surface area contributed by atoms with Crippen molar-refractivity contribution in [3.63, 3.8) is 0 Å². The molecule has 0 spiro atoms. The molecule has 2 amide bonds. The first kappa shape index (κ1) is 28.4. The summed E-state index contributed by atoms with van der Waals surface area (Å²) >= 11 is 16.0. The van der Waals surface area contributed by atoms with E-state index >= 15 is 0 Å². The lowest BCUT2D eigenvalue weighted by molar-refractivity contribution is -0.139. The molecule has 1 unspecified atom stereocenters. The van der Waals surface area contributed by atoms with Gasteiger partial charge in [0.2, 0.25) is 21.8 Å². The zero-order chi connectivity index (χ0) is 25.6. The number of carbonyl (C=O) groups excluding carboxylic acids is 2. The van der Waals surface area contributed by atoms with E-state index in [1.807, 2.05) is 13.8 Å². The fourth-order valence-corrected chi connectivity index (χ4v) is 4.84. The maximum atomic E-state index is 13.5. The lowest BCUT2D eigenvalue weighted by atomic mass is 10.1. The van der Waals surface area contributed by atoms with E-state index in [1.165, 1.54) is 4.90 Å². The van der Waals surface area contributed by atoms with E-state index in [9.17, 15) is 18.0 Å². The fraction of sp³-hybridized carbons (Fsp3) is 0.391. The van der Waals surface area contributed by atoms with Gasteiger partial charge in [0, 0.05) is 33.2 Å². The highest BCUT2D eigenvalue weighted by Crippen LogP contribution is 2.28. The predicted octanol–water partition coefficient (Wildman–Crippen LogP) is 4.77. The van der Waals surface area contributed by atoms with E-state index in [0.717, 1.165) is 27.0 Å². The van der Waals surface area contributed by atoms with Crippen LogP contribution in [0.1, 0.15) is 31.4 Å². The lowest BCUT2D eigenvalue weighted by Crippen LogP contribution is -2.51. The molecule has 0 fully saturated rings. The van der Waals surface area contributed by atoms with Crippen LogP contribution in [0.2, 0.25) is 10.0 Å². The summed E-state index contributed by atoms with van der Waals surface area (Å²) in [6, 6.07) is 9.07.